The van der Waals surface area contributed by atoms with Gasteiger partial charge in [0.15, 0.2) is 4.77 Å². The van der Waals surface area contributed by atoms with E-state index in [9.17, 15) is 9.59 Å². The Kier molecular flexibility index (Phi) is 6.08. The predicted molar refractivity (Wildman–Crippen MR) is 118 cm³/mol. The van der Waals surface area contributed by atoms with Crippen LogP contribution in [0.25, 0.3) is 10.9 Å². The predicted octanol–water partition coefficient (Wildman–Crippen LogP) is 2.36. The number of H-pyrrole nitrogens is 1. The van der Waals surface area contributed by atoms with Crippen LogP contribution in [0, 0.1) is 4.77 Å². The number of rotatable bonds is 5. The average molecular weight is 425 g/mol. The first kappa shape index (κ1) is 20.5. The van der Waals surface area contributed by atoms with Gasteiger partial charge in [-0.15, -0.1) is 0 Å². The fourth-order valence-electron chi connectivity index (χ4n) is 3.61. The van der Waals surface area contributed by atoms with Crippen LogP contribution in [0.15, 0.2) is 47.3 Å². The highest BCUT2D eigenvalue weighted by Gasteiger charge is 2.14. The number of carbonyl (C=O) groups is 1. The van der Waals surface area contributed by atoms with E-state index in [0.717, 1.165) is 38.4 Å². The molecular formula is C22H24N4O3S. The number of ether oxygens (including phenoxy) is 1. The van der Waals surface area contributed by atoms with Gasteiger partial charge in [-0.2, -0.15) is 0 Å². The second kappa shape index (κ2) is 8.91. The summed E-state index contributed by atoms with van der Waals surface area (Å²) in [4.78, 5) is 30.4. The van der Waals surface area contributed by atoms with E-state index >= 15 is 0 Å². The molecule has 1 saturated heterocycles. The van der Waals surface area contributed by atoms with Gasteiger partial charge in [0, 0.05) is 38.8 Å². The zero-order valence-electron chi connectivity index (χ0n) is 16.8. The second-order valence-corrected chi connectivity index (χ2v) is 7.78. The van der Waals surface area contributed by atoms with Crippen molar-refractivity contribution in [2.45, 2.75) is 13.1 Å². The molecule has 1 amide bonds. The number of carbonyl (C=O) groups excluding carboxylic acids is 1. The molecule has 0 aliphatic carbocycles. The van der Waals surface area contributed by atoms with E-state index in [1.807, 2.05) is 18.2 Å². The molecule has 30 heavy (non-hydrogen) atoms. The van der Waals surface area contributed by atoms with Crippen LogP contribution in [0.3, 0.4) is 0 Å². The minimum atomic E-state index is -0.196. The van der Waals surface area contributed by atoms with Crippen LogP contribution in [-0.2, 0) is 24.9 Å². The molecular weight excluding hydrogens is 400 g/mol. The van der Waals surface area contributed by atoms with Gasteiger partial charge in [0.25, 0.3) is 11.5 Å². The first-order valence-electron chi connectivity index (χ1n) is 9.91. The largest absolute Gasteiger partial charge is 0.379 e. The monoisotopic (exact) mass is 424 g/mol. The minimum absolute atomic E-state index is 0.183. The Morgan fingerprint density at radius 3 is 2.67 bits per heavy atom. The number of fused-ring (bicyclic) bond motifs is 1. The van der Waals surface area contributed by atoms with Gasteiger partial charge in [-0.05, 0) is 41.5 Å². The Balaban J connectivity index is 1.49. The van der Waals surface area contributed by atoms with Gasteiger partial charge in [-0.25, -0.2) is 0 Å². The van der Waals surface area contributed by atoms with Gasteiger partial charge in [0.05, 0.1) is 24.1 Å². The molecule has 1 aliphatic heterocycles. The quantitative estimate of drug-likeness (QED) is 0.615. The molecule has 8 heteroatoms. The summed E-state index contributed by atoms with van der Waals surface area (Å²) in [5.41, 5.74) is 3.14. The van der Waals surface area contributed by atoms with Crippen LogP contribution in [0.5, 0.6) is 0 Å². The van der Waals surface area contributed by atoms with E-state index < -0.39 is 0 Å². The number of aromatic amines is 1. The van der Waals surface area contributed by atoms with Gasteiger partial charge in [-0.1, -0.05) is 24.3 Å². The fraction of sp³-hybridized carbons (Fsp3) is 0.318. The van der Waals surface area contributed by atoms with E-state index in [0.29, 0.717) is 27.8 Å². The lowest BCUT2D eigenvalue weighted by atomic mass is 10.1. The molecule has 3 aromatic rings. The molecule has 0 spiro atoms. The molecule has 7 nitrogen and oxygen atoms in total. The summed E-state index contributed by atoms with van der Waals surface area (Å²) in [5, 5.41) is 3.49. The average Bonchev–Trinajstić information content (AvgIpc) is 2.77. The Bertz CT molecular complexity index is 1190. The summed E-state index contributed by atoms with van der Waals surface area (Å²) >= 11 is 5.17. The van der Waals surface area contributed by atoms with Gasteiger partial charge in [-0.3, -0.25) is 19.1 Å². The fourth-order valence-corrected chi connectivity index (χ4v) is 3.80. The molecule has 1 aromatic heterocycles. The summed E-state index contributed by atoms with van der Waals surface area (Å²) in [6.07, 6.45) is 0. The lowest BCUT2D eigenvalue weighted by molar-refractivity contribution is 0.0340. The highest BCUT2D eigenvalue weighted by atomic mass is 32.1. The maximum atomic E-state index is 12.7. The Hall–Kier alpha value is -2.81. The number of morpholine rings is 1. The Morgan fingerprint density at radius 1 is 1.17 bits per heavy atom. The zero-order chi connectivity index (χ0) is 21.1. The molecule has 156 valence electrons. The highest BCUT2D eigenvalue weighted by Crippen LogP contribution is 2.14. The maximum absolute atomic E-state index is 12.7. The Labute approximate surface area is 179 Å². The van der Waals surface area contributed by atoms with Gasteiger partial charge < -0.3 is 15.0 Å². The molecule has 0 atom stereocenters. The standard InChI is InChI=1S/C22H24N4O3S/c1-25-21(28)18-7-6-15(12-19(18)24-22(25)30)20(27)23-13-16-4-2-3-5-17(16)14-26-8-10-29-11-9-26/h2-7,12H,8-11,13-14H2,1H3,(H,23,27)(H,24,30). The lowest BCUT2D eigenvalue weighted by Gasteiger charge is -2.27. The van der Waals surface area contributed by atoms with Crippen molar-refractivity contribution in [3.05, 3.63) is 74.3 Å². The van der Waals surface area contributed by atoms with Crippen molar-refractivity contribution >= 4 is 29.0 Å². The normalized spacial score (nSPS) is 14.7. The van der Waals surface area contributed by atoms with Gasteiger partial charge >= 0.3 is 0 Å². The number of amides is 1. The molecule has 1 aliphatic rings. The molecule has 2 heterocycles. The smallest absolute Gasteiger partial charge is 0.261 e. The first-order chi connectivity index (χ1) is 14.5. The third-order valence-electron chi connectivity index (χ3n) is 5.42. The van der Waals surface area contributed by atoms with Crippen molar-refractivity contribution in [1.82, 2.24) is 19.8 Å². The summed E-state index contributed by atoms with van der Waals surface area (Å²) in [7, 11) is 1.62. The van der Waals surface area contributed by atoms with Crippen molar-refractivity contribution in [3.63, 3.8) is 0 Å². The van der Waals surface area contributed by atoms with Crippen LogP contribution in [0.1, 0.15) is 21.5 Å². The number of hydrogen-bond donors (Lipinski definition) is 2. The topological polar surface area (TPSA) is 79.4 Å². The SMILES string of the molecule is Cn1c(=S)[nH]c2cc(C(=O)NCc3ccccc3CN3CCOCC3)ccc2c1=O. The molecule has 2 N–H and O–H groups in total. The van der Waals surface area contributed by atoms with Crippen molar-refractivity contribution in [1.29, 1.82) is 0 Å². The zero-order valence-corrected chi connectivity index (χ0v) is 17.6. The van der Waals surface area contributed by atoms with Crippen molar-refractivity contribution in [2.75, 3.05) is 26.3 Å². The van der Waals surface area contributed by atoms with Crippen LogP contribution in [-0.4, -0.2) is 46.7 Å². The first-order valence-corrected chi connectivity index (χ1v) is 10.3. The number of hydrogen-bond acceptors (Lipinski definition) is 5. The molecule has 1 fully saturated rings. The van der Waals surface area contributed by atoms with Crippen molar-refractivity contribution in [2.24, 2.45) is 7.05 Å². The third kappa shape index (κ3) is 4.35. The number of nitrogens with one attached hydrogen (secondary N) is 2. The number of nitrogens with zero attached hydrogens (tertiary/aromatic N) is 2. The number of benzene rings is 2. The number of aromatic nitrogens is 2. The van der Waals surface area contributed by atoms with E-state index in [2.05, 4.69) is 21.3 Å². The lowest BCUT2D eigenvalue weighted by Crippen LogP contribution is -2.36. The van der Waals surface area contributed by atoms with Crippen LogP contribution < -0.4 is 10.9 Å². The minimum Gasteiger partial charge on any atom is -0.379 e. The molecule has 0 radical (unpaired) electrons. The summed E-state index contributed by atoms with van der Waals surface area (Å²) in [5.74, 6) is -0.196. The summed E-state index contributed by atoms with van der Waals surface area (Å²) < 4.78 is 7.12. The van der Waals surface area contributed by atoms with E-state index in [4.69, 9.17) is 17.0 Å². The van der Waals surface area contributed by atoms with Gasteiger partial charge in [0.2, 0.25) is 0 Å². The Morgan fingerprint density at radius 2 is 1.90 bits per heavy atom. The molecule has 0 bridgehead atoms. The second-order valence-electron chi connectivity index (χ2n) is 7.39. The molecule has 4 rings (SSSR count). The van der Waals surface area contributed by atoms with E-state index in [-0.39, 0.29) is 11.5 Å². The van der Waals surface area contributed by atoms with E-state index in [1.165, 1.54) is 10.1 Å². The molecule has 0 unspecified atom stereocenters. The van der Waals surface area contributed by atoms with Crippen LogP contribution in [0.2, 0.25) is 0 Å². The van der Waals surface area contributed by atoms with E-state index in [1.54, 1.807) is 25.2 Å². The highest BCUT2D eigenvalue weighted by molar-refractivity contribution is 7.71. The maximum Gasteiger partial charge on any atom is 0.261 e. The van der Waals surface area contributed by atoms with Gasteiger partial charge in [0.1, 0.15) is 0 Å². The van der Waals surface area contributed by atoms with Crippen LogP contribution >= 0.6 is 12.2 Å². The van der Waals surface area contributed by atoms with Crippen molar-refractivity contribution in [3.8, 4) is 0 Å². The summed E-state index contributed by atoms with van der Waals surface area (Å²) in [6.45, 7) is 4.62. The van der Waals surface area contributed by atoms with Crippen LogP contribution in [0.4, 0.5) is 0 Å². The van der Waals surface area contributed by atoms with Crippen molar-refractivity contribution < 1.29 is 9.53 Å². The molecule has 0 saturated carbocycles. The molecule has 2 aromatic carbocycles. The third-order valence-corrected chi connectivity index (χ3v) is 5.79. The summed E-state index contributed by atoms with van der Waals surface area (Å²) in [6, 6.07) is 13.1.